The molecule has 5 nitrogen and oxygen atoms in total. The van der Waals surface area contributed by atoms with Crippen LogP contribution in [0.15, 0.2) is 58.8 Å². The zero-order valence-electron chi connectivity index (χ0n) is 13.9. The van der Waals surface area contributed by atoms with Crippen molar-refractivity contribution in [1.29, 1.82) is 0 Å². The van der Waals surface area contributed by atoms with E-state index < -0.39 is 27.4 Å². The summed E-state index contributed by atoms with van der Waals surface area (Å²) in [5.74, 6) is -2.31. The van der Waals surface area contributed by atoms with Crippen LogP contribution in [0.5, 0.6) is 0 Å². The number of sulfone groups is 1. The topological polar surface area (TPSA) is 76.1 Å². The molecule has 9 heteroatoms. The lowest BCUT2D eigenvalue weighted by atomic mass is 10.1. The van der Waals surface area contributed by atoms with Gasteiger partial charge in [-0.1, -0.05) is 18.2 Å². The molecule has 1 heterocycles. The predicted octanol–water partition coefficient (Wildman–Crippen LogP) is 3.89. The van der Waals surface area contributed by atoms with E-state index in [1.165, 1.54) is 23.6 Å². The van der Waals surface area contributed by atoms with E-state index in [4.69, 9.17) is 0 Å². The molecule has 2 aromatic carbocycles. The van der Waals surface area contributed by atoms with Gasteiger partial charge in [-0.2, -0.15) is 0 Å². The first-order chi connectivity index (χ1) is 12.8. The highest BCUT2D eigenvalue weighted by Gasteiger charge is 2.17. The number of nitrogens with one attached hydrogen (secondary N) is 1. The summed E-state index contributed by atoms with van der Waals surface area (Å²) in [5, 5.41) is 4.22. The van der Waals surface area contributed by atoms with Gasteiger partial charge in [-0.3, -0.25) is 4.79 Å². The molecule has 1 amide bonds. The zero-order valence-corrected chi connectivity index (χ0v) is 15.5. The standard InChI is InChI=1S/C18H14F2N2O3S2/c19-12-6-7-14(15(20)10-12)16-11-26-18(21-16)22-17(23)8-9-27(24,25)13-4-2-1-3-5-13/h1-7,10-11H,8-9H2,(H,21,22,23). The Kier molecular flexibility index (Phi) is 5.62. The van der Waals surface area contributed by atoms with E-state index >= 15 is 0 Å². The van der Waals surface area contributed by atoms with Gasteiger partial charge in [0.25, 0.3) is 0 Å². The van der Waals surface area contributed by atoms with Crippen molar-refractivity contribution in [3.05, 3.63) is 65.5 Å². The van der Waals surface area contributed by atoms with Gasteiger partial charge in [0.2, 0.25) is 5.91 Å². The maximum Gasteiger partial charge on any atom is 0.227 e. The number of benzene rings is 2. The second kappa shape index (κ2) is 7.93. The molecule has 0 aliphatic rings. The Balaban J connectivity index is 1.63. The summed E-state index contributed by atoms with van der Waals surface area (Å²) in [6.07, 6.45) is -0.239. The smallest absolute Gasteiger partial charge is 0.227 e. The molecule has 0 aliphatic heterocycles. The summed E-state index contributed by atoms with van der Waals surface area (Å²) in [7, 11) is -3.56. The van der Waals surface area contributed by atoms with Gasteiger partial charge >= 0.3 is 0 Å². The Hall–Kier alpha value is -2.65. The van der Waals surface area contributed by atoms with Crippen LogP contribution in [-0.2, 0) is 14.6 Å². The number of carbonyl (C=O) groups is 1. The minimum atomic E-state index is -3.56. The molecule has 1 N–H and O–H groups in total. The molecule has 1 aromatic heterocycles. The van der Waals surface area contributed by atoms with Crippen LogP contribution in [0, 0.1) is 11.6 Å². The fourth-order valence-electron chi connectivity index (χ4n) is 2.31. The maximum atomic E-state index is 13.8. The third-order valence-electron chi connectivity index (χ3n) is 3.66. The van der Waals surface area contributed by atoms with Gasteiger partial charge in [0.05, 0.1) is 16.3 Å². The predicted molar refractivity (Wildman–Crippen MR) is 99.2 cm³/mol. The van der Waals surface area contributed by atoms with Crippen LogP contribution < -0.4 is 5.32 Å². The average Bonchev–Trinajstić information content (AvgIpc) is 3.09. The molecule has 0 atom stereocenters. The molecule has 0 saturated carbocycles. The van der Waals surface area contributed by atoms with Gasteiger partial charge in [0.1, 0.15) is 11.6 Å². The van der Waals surface area contributed by atoms with Gasteiger partial charge in [0.15, 0.2) is 15.0 Å². The van der Waals surface area contributed by atoms with Crippen molar-refractivity contribution in [3.63, 3.8) is 0 Å². The zero-order chi connectivity index (χ0) is 19.4. The van der Waals surface area contributed by atoms with E-state index in [2.05, 4.69) is 10.3 Å². The highest BCUT2D eigenvalue weighted by Crippen LogP contribution is 2.27. The second-order valence-electron chi connectivity index (χ2n) is 5.59. The lowest BCUT2D eigenvalue weighted by Crippen LogP contribution is -2.17. The Morgan fingerprint density at radius 2 is 1.85 bits per heavy atom. The number of hydrogen-bond acceptors (Lipinski definition) is 5. The summed E-state index contributed by atoms with van der Waals surface area (Å²) in [4.78, 5) is 16.3. The van der Waals surface area contributed by atoms with Crippen LogP contribution in [0.25, 0.3) is 11.3 Å². The Bertz CT molecular complexity index is 1070. The highest BCUT2D eigenvalue weighted by atomic mass is 32.2. The Morgan fingerprint density at radius 3 is 2.56 bits per heavy atom. The van der Waals surface area contributed by atoms with Crippen molar-refractivity contribution in [1.82, 2.24) is 4.98 Å². The molecular weight excluding hydrogens is 394 g/mol. The van der Waals surface area contributed by atoms with Crippen molar-refractivity contribution in [2.75, 3.05) is 11.1 Å². The largest absolute Gasteiger partial charge is 0.302 e. The van der Waals surface area contributed by atoms with E-state index in [0.29, 0.717) is 0 Å². The van der Waals surface area contributed by atoms with Crippen molar-refractivity contribution >= 4 is 32.2 Å². The molecule has 0 saturated heterocycles. The van der Waals surface area contributed by atoms with E-state index in [1.807, 2.05) is 0 Å². The van der Waals surface area contributed by atoms with Crippen molar-refractivity contribution in [2.24, 2.45) is 0 Å². The monoisotopic (exact) mass is 408 g/mol. The van der Waals surface area contributed by atoms with Crippen LogP contribution in [0.2, 0.25) is 0 Å². The maximum absolute atomic E-state index is 13.8. The minimum absolute atomic E-state index is 0.111. The van der Waals surface area contributed by atoms with Crippen LogP contribution >= 0.6 is 11.3 Å². The number of nitrogens with zero attached hydrogens (tertiary/aromatic N) is 1. The fourth-order valence-corrected chi connectivity index (χ4v) is 4.29. The number of rotatable bonds is 6. The summed E-state index contributed by atoms with van der Waals surface area (Å²) in [6, 6.07) is 11.0. The Labute approximate surface area is 158 Å². The van der Waals surface area contributed by atoms with E-state index in [0.717, 1.165) is 23.5 Å². The van der Waals surface area contributed by atoms with Crippen LogP contribution in [-0.4, -0.2) is 25.1 Å². The van der Waals surface area contributed by atoms with Crippen LogP contribution in [0.1, 0.15) is 6.42 Å². The fraction of sp³-hybridized carbons (Fsp3) is 0.111. The number of hydrogen-bond donors (Lipinski definition) is 1. The van der Waals surface area contributed by atoms with Gasteiger partial charge < -0.3 is 5.32 Å². The molecule has 0 aliphatic carbocycles. The van der Waals surface area contributed by atoms with Crippen LogP contribution in [0.4, 0.5) is 13.9 Å². The highest BCUT2D eigenvalue weighted by molar-refractivity contribution is 7.91. The number of halogens is 2. The molecular formula is C18H14F2N2O3S2. The molecule has 0 unspecified atom stereocenters. The molecule has 0 bridgehead atoms. The molecule has 140 valence electrons. The summed E-state index contributed by atoms with van der Waals surface area (Å²) in [5.41, 5.74) is 0.365. The summed E-state index contributed by atoms with van der Waals surface area (Å²) >= 11 is 1.06. The number of thiazole rings is 1. The third-order valence-corrected chi connectivity index (χ3v) is 6.15. The number of anilines is 1. The third kappa shape index (κ3) is 4.75. The van der Waals surface area contributed by atoms with Crippen LogP contribution in [0.3, 0.4) is 0 Å². The second-order valence-corrected chi connectivity index (χ2v) is 8.56. The van der Waals surface area contributed by atoms with Crippen molar-refractivity contribution < 1.29 is 22.0 Å². The number of aromatic nitrogens is 1. The van der Waals surface area contributed by atoms with Gasteiger partial charge in [-0.05, 0) is 24.3 Å². The molecule has 3 aromatic rings. The van der Waals surface area contributed by atoms with Gasteiger partial charge in [0, 0.05) is 23.4 Å². The summed E-state index contributed by atoms with van der Waals surface area (Å²) < 4.78 is 51.1. The van der Waals surface area contributed by atoms with E-state index in [1.54, 1.807) is 18.2 Å². The van der Waals surface area contributed by atoms with E-state index in [9.17, 15) is 22.0 Å². The molecule has 0 radical (unpaired) electrons. The van der Waals surface area contributed by atoms with Crippen molar-refractivity contribution in [2.45, 2.75) is 11.3 Å². The molecule has 3 rings (SSSR count). The lowest BCUT2D eigenvalue weighted by molar-refractivity contribution is -0.115. The first-order valence-electron chi connectivity index (χ1n) is 7.84. The Morgan fingerprint density at radius 1 is 1.11 bits per heavy atom. The average molecular weight is 408 g/mol. The molecule has 0 spiro atoms. The first-order valence-corrected chi connectivity index (χ1v) is 10.4. The quantitative estimate of drug-likeness (QED) is 0.671. The number of amides is 1. The normalized spacial score (nSPS) is 11.3. The van der Waals surface area contributed by atoms with E-state index in [-0.39, 0.29) is 33.5 Å². The van der Waals surface area contributed by atoms with Gasteiger partial charge in [-0.15, -0.1) is 11.3 Å². The van der Waals surface area contributed by atoms with Gasteiger partial charge in [-0.25, -0.2) is 22.2 Å². The van der Waals surface area contributed by atoms with Crippen molar-refractivity contribution in [3.8, 4) is 11.3 Å². The lowest BCUT2D eigenvalue weighted by Gasteiger charge is -2.04. The first kappa shape index (κ1) is 19.1. The summed E-state index contributed by atoms with van der Waals surface area (Å²) in [6.45, 7) is 0. The number of carbonyl (C=O) groups excluding carboxylic acids is 1. The molecule has 0 fully saturated rings. The molecule has 27 heavy (non-hydrogen) atoms. The SMILES string of the molecule is O=C(CCS(=O)(=O)c1ccccc1)Nc1nc(-c2ccc(F)cc2F)cs1. The minimum Gasteiger partial charge on any atom is -0.302 e.